The average Bonchev–Trinajstić information content (AvgIpc) is 2.66. The number of carbonyl (C=O) groups is 1. The number of halogens is 2. The molecule has 1 heterocycles. The molecule has 1 N–H and O–H groups in total. The summed E-state index contributed by atoms with van der Waals surface area (Å²) < 4.78 is 5.68. The number of aryl methyl sites for hydroxylation is 2. The van der Waals surface area contributed by atoms with E-state index in [2.05, 4.69) is 4.98 Å². The molecule has 1 aromatic heterocycles. The predicted molar refractivity (Wildman–Crippen MR) is 112 cm³/mol. The van der Waals surface area contributed by atoms with Crippen LogP contribution in [0.3, 0.4) is 0 Å². The fourth-order valence-electron chi connectivity index (χ4n) is 3.01. The standard InChI is InChI=1S/C22H19Cl2NO3/c1-2-28-21-6-4-3-5-17(21)19-10-8-18(22(26)27)20(25-19)9-7-14-11-15(23)13-16(24)12-14/h3-6,8,10-13H,2,7,9H2,1H3,(H,26,27). The van der Waals surface area contributed by atoms with Crippen molar-refractivity contribution in [3.05, 3.63) is 81.5 Å². The first kappa shape index (κ1) is 20.2. The second kappa shape index (κ2) is 9.09. The Morgan fingerprint density at radius 2 is 1.75 bits per heavy atom. The van der Waals surface area contributed by atoms with Crippen molar-refractivity contribution < 1.29 is 14.6 Å². The summed E-state index contributed by atoms with van der Waals surface area (Å²) in [7, 11) is 0. The van der Waals surface area contributed by atoms with Crippen LogP contribution >= 0.6 is 23.2 Å². The molecule has 0 fully saturated rings. The van der Waals surface area contributed by atoms with Gasteiger partial charge in [-0.2, -0.15) is 0 Å². The van der Waals surface area contributed by atoms with E-state index in [0.717, 1.165) is 11.1 Å². The monoisotopic (exact) mass is 415 g/mol. The Morgan fingerprint density at radius 1 is 1.04 bits per heavy atom. The molecule has 0 saturated carbocycles. The van der Waals surface area contributed by atoms with Gasteiger partial charge in [-0.05, 0) is 67.8 Å². The first-order valence-electron chi connectivity index (χ1n) is 8.88. The van der Waals surface area contributed by atoms with E-state index in [4.69, 9.17) is 27.9 Å². The highest BCUT2D eigenvalue weighted by molar-refractivity contribution is 6.34. The van der Waals surface area contributed by atoms with Crippen molar-refractivity contribution in [1.29, 1.82) is 0 Å². The number of nitrogens with zero attached hydrogens (tertiary/aromatic N) is 1. The summed E-state index contributed by atoms with van der Waals surface area (Å²) in [5.74, 6) is -0.288. The Kier molecular flexibility index (Phi) is 6.55. The summed E-state index contributed by atoms with van der Waals surface area (Å²) in [6.45, 7) is 2.45. The van der Waals surface area contributed by atoms with Gasteiger partial charge in [0.15, 0.2) is 0 Å². The van der Waals surface area contributed by atoms with Crippen LogP contribution in [0, 0.1) is 0 Å². The normalized spacial score (nSPS) is 10.7. The van der Waals surface area contributed by atoms with E-state index in [1.165, 1.54) is 0 Å². The zero-order chi connectivity index (χ0) is 20.1. The number of hydrogen-bond donors (Lipinski definition) is 1. The highest BCUT2D eigenvalue weighted by Crippen LogP contribution is 2.29. The summed E-state index contributed by atoms with van der Waals surface area (Å²) in [4.78, 5) is 16.3. The minimum atomic E-state index is -1.00. The molecular weight excluding hydrogens is 397 g/mol. The van der Waals surface area contributed by atoms with E-state index in [-0.39, 0.29) is 5.56 Å². The van der Waals surface area contributed by atoms with Gasteiger partial charge >= 0.3 is 5.97 Å². The van der Waals surface area contributed by atoms with Gasteiger partial charge in [0.05, 0.1) is 23.6 Å². The van der Waals surface area contributed by atoms with Gasteiger partial charge in [-0.1, -0.05) is 35.3 Å². The molecule has 0 aliphatic carbocycles. The van der Waals surface area contributed by atoms with E-state index >= 15 is 0 Å². The van der Waals surface area contributed by atoms with Crippen LogP contribution in [0.1, 0.15) is 28.5 Å². The zero-order valence-electron chi connectivity index (χ0n) is 15.3. The Labute approximate surface area is 173 Å². The third kappa shape index (κ3) is 4.83. The molecule has 0 aliphatic heterocycles. The maximum absolute atomic E-state index is 11.7. The summed E-state index contributed by atoms with van der Waals surface area (Å²) in [5.41, 5.74) is 3.12. The molecule has 3 rings (SSSR count). The third-order valence-electron chi connectivity index (χ3n) is 4.24. The van der Waals surface area contributed by atoms with Gasteiger partial charge in [0.25, 0.3) is 0 Å². The van der Waals surface area contributed by atoms with Crippen LogP contribution in [-0.4, -0.2) is 22.7 Å². The van der Waals surface area contributed by atoms with Crippen molar-refractivity contribution in [2.24, 2.45) is 0 Å². The topological polar surface area (TPSA) is 59.4 Å². The van der Waals surface area contributed by atoms with E-state index in [0.29, 0.717) is 46.6 Å². The van der Waals surface area contributed by atoms with Gasteiger partial charge in [0.2, 0.25) is 0 Å². The maximum atomic E-state index is 11.7. The molecule has 0 unspecified atom stereocenters. The molecule has 0 bridgehead atoms. The molecule has 3 aromatic rings. The highest BCUT2D eigenvalue weighted by Gasteiger charge is 2.15. The number of pyridine rings is 1. The van der Waals surface area contributed by atoms with Gasteiger partial charge < -0.3 is 9.84 Å². The molecular formula is C22H19Cl2NO3. The van der Waals surface area contributed by atoms with Gasteiger partial charge in [-0.3, -0.25) is 4.98 Å². The zero-order valence-corrected chi connectivity index (χ0v) is 16.8. The van der Waals surface area contributed by atoms with Gasteiger partial charge in [0, 0.05) is 15.6 Å². The fourth-order valence-corrected chi connectivity index (χ4v) is 3.59. The number of rotatable bonds is 7. The van der Waals surface area contributed by atoms with Crippen molar-refractivity contribution in [2.75, 3.05) is 6.61 Å². The molecule has 144 valence electrons. The largest absolute Gasteiger partial charge is 0.493 e. The van der Waals surface area contributed by atoms with Crippen molar-refractivity contribution in [1.82, 2.24) is 4.98 Å². The van der Waals surface area contributed by atoms with Crippen molar-refractivity contribution in [2.45, 2.75) is 19.8 Å². The number of carboxylic acid groups (broad SMARTS) is 1. The second-order valence-corrected chi connectivity index (χ2v) is 7.08. The predicted octanol–water partition coefficient (Wildman–Crippen LogP) is 5.94. The smallest absolute Gasteiger partial charge is 0.337 e. The second-order valence-electron chi connectivity index (χ2n) is 6.20. The van der Waals surface area contributed by atoms with Crippen LogP contribution in [0.15, 0.2) is 54.6 Å². The van der Waals surface area contributed by atoms with Crippen molar-refractivity contribution in [3.63, 3.8) is 0 Å². The van der Waals surface area contributed by atoms with Gasteiger partial charge in [0.1, 0.15) is 5.75 Å². The third-order valence-corrected chi connectivity index (χ3v) is 4.68. The van der Waals surface area contributed by atoms with E-state index in [1.807, 2.05) is 43.3 Å². The Bertz CT molecular complexity index is 985. The number of aromatic nitrogens is 1. The minimum Gasteiger partial charge on any atom is -0.493 e. The van der Waals surface area contributed by atoms with Crippen LogP contribution in [0.25, 0.3) is 11.3 Å². The summed E-state index contributed by atoms with van der Waals surface area (Å²) in [5, 5.41) is 10.6. The molecule has 0 amide bonds. The number of carboxylic acids is 1. The number of hydrogen-bond acceptors (Lipinski definition) is 3. The number of aromatic carboxylic acids is 1. The van der Waals surface area contributed by atoms with Gasteiger partial charge in [-0.15, -0.1) is 0 Å². The molecule has 28 heavy (non-hydrogen) atoms. The van der Waals surface area contributed by atoms with Crippen LogP contribution < -0.4 is 4.74 Å². The van der Waals surface area contributed by atoms with Crippen molar-refractivity contribution >= 4 is 29.2 Å². The first-order valence-corrected chi connectivity index (χ1v) is 9.64. The minimum absolute atomic E-state index is 0.186. The lowest BCUT2D eigenvalue weighted by Crippen LogP contribution is -2.07. The Morgan fingerprint density at radius 3 is 2.43 bits per heavy atom. The van der Waals surface area contributed by atoms with E-state index < -0.39 is 5.97 Å². The average molecular weight is 416 g/mol. The fraction of sp³-hybridized carbons (Fsp3) is 0.182. The molecule has 0 radical (unpaired) electrons. The summed E-state index contributed by atoms with van der Waals surface area (Å²) >= 11 is 12.1. The van der Waals surface area contributed by atoms with Crippen LogP contribution in [0.2, 0.25) is 10.0 Å². The van der Waals surface area contributed by atoms with E-state index in [9.17, 15) is 9.90 Å². The lowest BCUT2D eigenvalue weighted by atomic mass is 10.0. The number of ether oxygens (including phenoxy) is 1. The first-order chi connectivity index (χ1) is 13.5. The molecule has 0 spiro atoms. The molecule has 0 atom stereocenters. The van der Waals surface area contributed by atoms with Crippen molar-refractivity contribution in [3.8, 4) is 17.0 Å². The number of benzene rings is 2. The maximum Gasteiger partial charge on any atom is 0.337 e. The Balaban J connectivity index is 1.95. The van der Waals surface area contributed by atoms with Crippen LogP contribution in [-0.2, 0) is 12.8 Å². The molecule has 4 nitrogen and oxygen atoms in total. The highest BCUT2D eigenvalue weighted by atomic mass is 35.5. The summed E-state index contributed by atoms with van der Waals surface area (Å²) in [6.07, 6.45) is 1.02. The molecule has 0 saturated heterocycles. The Hall–Kier alpha value is -2.56. The molecule has 2 aromatic carbocycles. The van der Waals surface area contributed by atoms with E-state index in [1.54, 1.807) is 18.2 Å². The molecule has 6 heteroatoms. The molecule has 0 aliphatic rings. The lowest BCUT2D eigenvalue weighted by Gasteiger charge is -2.12. The quantitative estimate of drug-likeness (QED) is 0.518. The summed E-state index contributed by atoms with van der Waals surface area (Å²) in [6, 6.07) is 16.2. The van der Waals surface area contributed by atoms with Gasteiger partial charge in [-0.25, -0.2) is 4.79 Å². The van der Waals surface area contributed by atoms with Crippen LogP contribution in [0.4, 0.5) is 0 Å². The number of para-hydroxylation sites is 1. The SMILES string of the molecule is CCOc1ccccc1-c1ccc(C(=O)O)c(CCc2cc(Cl)cc(Cl)c2)n1. The lowest BCUT2D eigenvalue weighted by molar-refractivity contribution is 0.0695. The van der Waals surface area contributed by atoms with Crippen LogP contribution in [0.5, 0.6) is 5.75 Å².